The van der Waals surface area contributed by atoms with Crippen LogP contribution in [0, 0.1) is 31.1 Å². The maximum absolute atomic E-state index is 12.4. The summed E-state index contributed by atoms with van der Waals surface area (Å²) in [5.74, 6) is -0.469. The number of ether oxygens (including phenoxy) is 1. The van der Waals surface area contributed by atoms with Crippen molar-refractivity contribution < 1.29 is 14.3 Å². The maximum Gasteiger partial charge on any atom is 0.349 e. The number of rotatable bonds is 6. The van der Waals surface area contributed by atoms with Crippen LogP contribution in [-0.4, -0.2) is 40.5 Å². The Kier molecular flexibility index (Phi) is 6.84. The predicted molar refractivity (Wildman–Crippen MR) is 104 cm³/mol. The average Bonchev–Trinajstić information content (AvgIpc) is 3.23. The number of nitriles is 1. The van der Waals surface area contributed by atoms with Gasteiger partial charge in [-0.05, 0) is 57.2 Å². The number of hydrogen-bond acceptors (Lipinski definition) is 4. The molecule has 27 heavy (non-hydrogen) atoms. The normalized spacial score (nSPS) is 15.7. The van der Waals surface area contributed by atoms with Gasteiger partial charge >= 0.3 is 5.97 Å². The monoisotopic (exact) mass is 371 g/mol. The van der Waals surface area contributed by atoms with E-state index in [4.69, 9.17) is 4.74 Å². The van der Waals surface area contributed by atoms with Gasteiger partial charge < -0.3 is 14.2 Å². The molecule has 6 nitrogen and oxygen atoms in total. The second-order valence-corrected chi connectivity index (χ2v) is 7.58. The lowest BCUT2D eigenvalue weighted by Gasteiger charge is -2.20. The van der Waals surface area contributed by atoms with E-state index in [1.54, 1.807) is 17.9 Å². The second-order valence-electron chi connectivity index (χ2n) is 7.58. The predicted octanol–water partition coefficient (Wildman–Crippen LogP) is 3.22. The van der Waals surface area contributed by atoms with E-state index in [1.165, 1.54) is 0 Å². The maximum atomic E-state index is 12.4. The van der Waals surface area contributed by atoms with Gasteiger partial charge in [0.05, 0.1) is 0 Å². The molecule has 0 N–H and O–H groups in total. The summed E-state index contributed by atoms with van der Waals surface area (Å²) in [6.07, 6.45) is 2.61. The highest BCUT2D eigenvalue weighted by atomic mass is 16.5. The Balaban J connectivity index is 2.14. The third-order valence-electron chi connectivity index (χ3n) is 4.85. The third kappa shape index (κ3) is 5.00. The molecule has 1 saturated heterocycles. The van der Waals surface area contributed by atoms with E-state index in [1.807, 2.05) is 26.0 Å². The van der Waals surface area contributed by atoms with E-state index in [2.05, 4.69) is 18.4 Å². The first kappa shape index (κ1) is 20.8. The molecule has 146 valence electrons. The highest BCUT2D eigenvalue weighted by Gasteiger charge is 2.27. The molecule has 0 saturated carbocycles. The summed E-state index contributed by atoms with van der Waals surface area (Å²) in [6.45, 7) is 12.1. The van der Waals surface area contributed by atoms with Crippen molar-refractivity contribution >= 4 is 18.0 Å². The smallest absolute Gasteiger partial charge is 0.349 e. The molecule has 0 radical (unpaired) electrons. The van der Waals surface area contributed by atoms with Gasteiger partial charge in [-0.3, -0.25) is 4.79 Å². The zero-order chi connectivity index (χ0) is 20.1. The Morgan fingerprint density at radius 3 is 2.44 bits per heavy atom. The Bertz CT molecular complexity index is 777. The second kappa shape index (κ2) is 8.90. The van der Waals surface area contributed by atoms with Gasteiger partial charge in [-0.15, -0.1) is 0 Å². The van der Waals surface area contributed by atoms with Crippen molar-refractivity contribution in [2.75, 3.05) is 13.1 Å². The van der Waals surface area contributed by atoms with Crippen LogP contribution in [0.1, 0.15) is 50.6 Å². The quantitative estimate of drug-likeness (QED) is 0.437. The van der Waals surface area contributed by atoms with Crippen molar-refractivity contribution in [1.82, 2.24) is 9.47 Å². The molecule has 0 bridgehead atoms. The summed E-state index contributed by atoms with van der Waals surface area (Å²) in [5.41, 5.74) is 2.81. The van der Waals surface area contributed by atoms with Gasteiger partial charge in [0.2, 0.25) is 0 Å². The molecular formula is C21H29N3O3. The zero-order valence-corrected chi connectivity index (χ0v) is 16.9. The number of carbonyl (C=O) groups excluding carboxylic acids is 2. The van der Waals surface area contributed by atoms with Gasteiger partial charge in [0.15, 0.2) is 6.10 Å². The van der Waals surface area contributed by atoms with E-state index in [0.717, 1.165) is 36.3 Å². The first-order valence-electron chi connectivity index (χ1n) is 9.52. The largest absolute Gasteiger partial charge is 0.448 e. The Morgan fingerprint density at radius 2 is 1.89 bits per heavy atom. The number of nitrogens with zero attached hydrogens (tertiary/aromatic N) is 3. The van der Waals surface area contributed by atoms with Crippen LogP contribution in [0.15, 0.2) is 11.6 Å². The fourth-order valence-electron chi connectivity index (χ4n) is 3.38. The minimum Gasteiger partial charge on any atom is -0.448 e. The third-order valence-corrected chi connectivity index (χ3v) is 4.85. The van der Waals surface area contributed by atoms with Gasteiger partial charge in [0.25, 0.3) is 5.91 Å². The molecule has 2 rings (SSSR count). The molecule has 0 aromatic carbocycles. The average molecular weight is 371 g/mol. The fourth-order valence-corrected chi connectivity index (χ4v) is 3.38. The van der Waals surface area contributed by atoms with Crippen molar-refractivity contribution in [2.24, 2.45) is 5.92 Å². The molecule has 1 amide bonds. The van der Waals surface area contributed by atoms with E-state index in [9.17, 15) is 14.9 Å². The SMILES string of the molecule is Cc1cc(/C=C(\C#N)C(=O)O[C@H](C)C(=O)N2CCCC2)c(C)n1CC(C)C. The lowest BCUT2D eigenvalue weighted by atomic mass is 10.1. The molecule has 1 fully saturated rings. The van der Waals surface area contributed by atoms with Crippen LogP contribution in [0.25, 0.3) is 6.08 Å². The number of likely N-dealkylation sites (tertiary alicyclic amines) is 1. The standard InChI is InChI=1S/C21H29N3O3/c1-14(2)13-24-15(3)10-18(16(24)4)11-19(12-22)21(26)27-17(5)20(25)23-8-6-7-9-23/h10-11,14,17H,6-9,13H2,1-5H3/b19-11+/t17-/m1/s1. The molecular weight excluding hydrogens is 342 g/mol. The first-order valence-corrected chi connectivity index (χ1v) is 9.52. The van der Waals surface area contributed by atoms with Crippen molar-refractivity contribution in [3.05, 3.63) is 28.6 Å². The minimum absolute atomic E-state index is 0.0964. The molecule has 1 aromatic heterocycles. The molecule has 0 aliphatic carbocycles. The van der Waals surface area contributed by atoms with Gasteiger partial charge in [-0.2, -0.15) is 5.26 Å². The Hall–Kier alpha value is -2.55. The molecule has 6 heteroatoms. The van der Waals surface area contributed by atoms with Crippen LogP contribution in [0.4, 0.5) is 0 Å². The van der Waals surface area contributed by atoms with Crippen LogP contribution in [0.3, 0.4) is 0 Å². The molecule has 0 spiro atoms. The van der Waals surface area contributed by atoms with Crippen molar-refractivity contribution in [3.63, 3.8) is 0 Å². The first-order chi connectivity index (χ1) is 12.7. The molecule has 1 aliphatic rings. The van der Waals surface area contributed by atoms with E-state index in [0.29, 0.717) is 19.0 Å². The summed E-state index contributed by atoms with van der Waals surface area (Å²) in [6, 6.07) is 3.87. The zero-order valence-electron chi connectivity index (χ0n) is 16.9. The minimum atomic E-state index is -0.888. The number of esters is 1. The highest BCUT2D eigenvalue weighted by Crippen LogP contribution is 2.20. The van der Waals surface area contributed by atoms with E-state index in [-0.39, 0.29) is 11.5 Å². The lowest BCUT2D eigenvalue weighted by molar-refractivity contribution is -0.155. The van der Waals surface area contributed by atoms with Crippen molar-refractivity contribution in [3.8, 4) is 6.07 Å². The van der Waals surface area contributed by atoms with Crippen molar-refractivity contribution in [1.29, 1.82) is 5.26 Å². The molecule has 2 heterocycles. The Morgan fingerprint density at radius 1 is 1.26 bits per heavy atom. The molecule has 0 unspecified atom stereocenters. The molecule has 1 aliphatic heterocycles. The van der Waals surface area contributed by atoms with Crippen LogP contribution in [0.5, 0.6) is 0 Å². The van der Waals surface area contributed by atoms with Gasteiger partial charge in [-0.1, -0.05) is 13.8 Å². The number of carbonyl (C=O) groups is 2. The lowest BCUT2D eigenvalue weighted by Crippen LogP contribution is -2.38. The summed E-state index contributed by atoms with van der Waals surface area (Å²) in [7, 11) is 0. The number of amides is 1. The van der Waals surface area contributed by atoms with Crippen molar-refractivity contribution in [2.45, 2.75) is 60.1 Å². The summed E-state index contributed by atoms with van der Waals surface area (Å²) < 4.78 is 7.44. The van der Waals surface area contributed by atoms with E-state index < -0.39 is 12.1 Å². The Labute approximate surface area is 161 Å². The topological polar surface area (TPSA) is 75.3 Å². The van der Waals surface area contributed by atoms with Gasteiger partial charge in [0, 0.05) is 31.0 Å². The summed E-state index contributed by atoms with van der Waals surface area (Å²) >= 11 is 0. The molecule has 1 aromatic rings. The number of aryl methyl sites for hydroxylation is 1. The van der Waals surface area contributed by atoms with E-state index >= 15 is 0 Å². The number of hydrogen-bond donors (Lipinski definition) is 0. The summed E-state index contributed by atoms with van der Waals surface area (Å²) in [4.78, 5) is 26.4. The van der Waals surface area contributed by atoms with Gasteiger partial charge in [0.1, 0.15) is 11.6 Å². The van der Waals surface area contributed by atoms with Crippen LogP contribution < -0.4 is 0 Å². The fraction of sp³-hybridized carbons (Fsp3) is 0.571. The van der Waals surface area contributed by atoms with Crippen LogP contribution in [-0.2, 0) is 20.9 Å². The molecule has 1 atom stereocenters. The van der Waals surface area contributed by atoms with Gasteiger partial charge in [-0.25, -0.2) is 4.79 Å². The van der Waals surface area contributed by atoms with Crippen LogP contribution in [0.2, 0.25) is 0 Å². The van der Waals surface area contributed by atoms with Crippen LogP contribution >= 0.6 is 0 Å². The summed E-state index contributed by atoms with van der Waals surface area (Å²) in [5, 5.41) is 9.41. The highest BCUT2D eigenvalue weighted by molar-refractivity contribution is 5.99. The number of aromatic nitrogens is 1.